The van der Waals surface area contributed by atoms with Crippen LogP contribution in [-0.4, -0.2) is 88.4 Å². The molecule has 0 aliphatic carbocycles. The lowest BCUT2D eigenvalue weighted by atomic mass is 10.0. The van der Waals surface area contributed by atoms with Gasteiger partial charge in [-0.1, -0.05) is 0 Å². The van der Waals surface area contributed by atoms with E-state index in [9.17, 15) is 9.59 Å². The summed E-state index contributed by atoms with van der Waals surface area (Å²) in [5, 5.41) is 4.11. The van der Waals surface area contributed by atoms with Gasteiger partial charge < -0.3 is 14.5 Å². The van der Waals surface area contributed by atoms with E-state index in [0.29, 0.717) is 25.7 Å². The fourth-order valence-electron chi connectivity index (χ4n) is 3.74. The van der Waals surface area contributed by atoms with Crippen LogP contribution in [0.2, 0.25) is 0 Å². The third-order valence-electron chi connectivity index (χ3n) is 5.21. The molecule has 0 aromatic carbocycles. The molecule has 2 saturated heterocycles. The number of rotatable bonds is 4. The average molecular weight is 375 g/mol. The van der Waals surface area contributed by atoms with Crippen LogP contribution in [0.25, 0.3) is 6.08 Å². The largest absolute Gasteiger partial charge is 0.450 e. The first-order chi connectivity index (χ1) is 13.1. The fourth-order valence-corrected chi connectivity index (χ4v) is 3.74. The smallest absolute Gasteiger partial charge is 0.409 e. The molecular weight excluding hydrogens is 346 g/mol. The molecule has 2 aliphatic heterocycles. The lowest BCUT2D eigenvalue weighted by Gasteiger charge is -2.42. The van der Waals surface area contributed by atoms with Crippen molar-refractivity contribution in [2.75, 3.05) is 45.9 Å². The van der Waals surface area contributed by atoms with Crippen LogP contribution in [0.1, 0.15) is 25.3 Å². The van der Waals surface area contributed by atoms with Gasteiger partial charge in [-0.2, -0.15) is 5.10 Å². The number of nitrogens with zero attached hydrogens (tertiary/aromatic N) is 5. The molecule has 0 bridgehead atoms. The Hall–Kier alpha value is -2.35. The summed E-state index contributed by atoms with van der Waals surface area (Å²) in [5.41, 5.74) is 0.925. The number of likely N-dealkylation sites (tertiary alicyclic amines) is 1. The van der Waals surface area contributed by atoms with Crippen molar-refractivity contribution in [1.29, 1.82) is 0 Å². The molecule has 0 saturated carbocycles. The molecule has 8 nitrogen and oxygen atoms in total. The van der Waals surface area contributed by atoms with Crippen molar-refractivity contribution in [3.8, 4) is 0 Å². The van der Waals surface area contributed by atoms with Crippen LogP contribution in [0.3, 0.4) is 0 Å². The number of hydrogen-bond acceptors (Lipinski definition) is 5. The maximum Gasteiger partial charge on any atom is 0.409 e. The minimum absolute atomic E-state index is 0.0497. The zero-order valence-electron chi connectivity index (χ0n) is 16.2. The van der Waals surface area contributed by atoms with Crippen molar-refractivity contribution < 1.29 is 14.3 Å². The summed E-state index contributed by atoms with van der Waals surface area (Å²) in [7, 11) is 1.86. The van der Waals surface area contributed by atoms with Gasteiger partial charge in [0.1, 0.15) is 0 Å². The van der Waals surface area contributed by atoms with Gasteiger partial charge >= 0.3 is 6.09 Å². The van der Waals surface area contributed by atoms with Crippen LogP contribution in [0.4, 0.5) is 4.79 Å². The molecule has 0 radical (unpaired) electrons. The first kappa shape index (κ1) is 19.4. The second-order valence-corrected chi connectivity index (χ2v) is 7.08. The van der Waals surface area contributed by atoms with Crippen molar-refractivity contribution in [3.63, 3.8) is 0 Å². The van der Waals surface area contributed by atoms with E-state index in [1.165, 1.54) is 0 Å². The molecule has 2 amide bonds. The molecule has 2 fully saturated rings. The Kier molecular flexibility index (Phi) is 6.49. The molecule has 2 aliphatic rings. The summed E-state index contributed by atoms with van der Waals surface area (Å²) in [6.07, 6.45) is 8.95. The predicted octanol–water partition coefficient (Wildman–Crippen LogP) is 1.20. The zero-order chi connectivity index (χ0) is 19.2. The number of ether oxygens (including phenoxy) is 1. The number of amides is 2. The lowest BCUT2D eigenvalue weighted by Crippen LogP contribution is -2.56. The SMILES string of the molecule is CCOC(=O)N1CCN(C2CCCN(C(=O)C=Cc3cnn(C)c3)C2)CC1. The number of aromatic nitrogens is 2. The van der Waals surface area contributed by atoms with Crippen molar-refractivity contribution in [3.05, 3.63) is 24.0 Å². The molecule has 148 valence electrons. The lowest BCUT2D eigenvalue weighted by molar-refractivity contribution is -0.128. The van der Waals surface area contributed by atoms with Crippen LogP contribution in [-0.2, 0) is 16.6 Å². The van der Waals surface area contributed by atoms with Crippen molar-refractivity contribution in [2.24, 2.45) is 7.05 Å². The van der Waals surface area contributed by atoms with Gasteiger partial charge in [-0.15, -0.1) is 0 Å². The normalized spacial score (nSPS) is 21.6. The zero-order valence-corrected chi connectivity index (χ0v) is 16.2. The van der Waals surface area contributed by atoms with Crippen LogP contribution < -0.4 is 0 Å². The second-order valence-electron chi connectivity index (χ2n) is 7.08. The maximum absolute atomic E-state index is 12.5. The van der Waals surface area contributed by atoms with Crippen LogP contribution in [0, 0.1) is 0 Å². The highest BCUT2D eigenvalue weighted by Crippen LogP contribution is 2.18. The van der Waals surface area contributed by atoms with E-state index in [1.807, 2.05) is 31.1 Å². The summed E-state index contributed by atoms with van der Waals surface area (Å²) >= 11 is 0. The van der Waals surface area contributed by atoms with Crippen LogP contribution in [0.15, 0.2) is 18.5 Å². The Balaban J connectivity index is 1.50. The Labute approximate surface area is 160 Å². The number of piperazine rings is 1. The predicted molar refractivity (Wildman–Crippen MR) is 102 cm³/mol. The highest BCUT2D eigenvalue weighted by molar-refractivity contribution is 5.91. The van der Waals surface area contributed by atoms with Crippen molar-refractivity contribution in [2.45, 2.75) is 25.8 Å². The van der Waals surface area contributed by atoms with E-state index < -0.39 is 0 Å². The van der Waals surface area contributed by atoms with E-state index in [2.05, 4.69) is 10.00 Å². The second kappa shape index (κ2) is 9.03. The maximum atomic E-state index is 12.5. The number of aryl methyl sites for hydroxylation is 1. The first-order valence-electron chi connectivity index (χ1n) is 9.68. The molecule has 1 atom stereocenters. The first-order valence-corrected chi connectivity index (χ1v) is 9.68. The van der Waals surface area contributed by atoms with Gasteiger partial charge in [0.25, 0.3) is 0 Å². The summed E-state index contributed by atoms with van der Waals surface area (Å²) in [5.74, 6) is 0.0497. The van der Waals surface area contributed by atoms with E-state index in [-0.39, 0.29) is 12.0 Å². The molecule has 0 N–H and O–H groups in total. The Bertz CT molecular complexity index is 679. The average Bonchev–Trinajstić information content (AvgIpc) is 3.12. The topological polar surface area (TPSA) is 70.9 Å². The molecule has 3 heterocycles. The van der Waals surface area contributed by atoms with Crippen LogP contribution >= 0.6 is 0 Å². The third-order valence-corrected chi connectivity index (χ3v) is 5.21. The molecule has 1 unspecified atom stereocenters. The summed E-state index contributed by atoms with van der Waals surface area (Å²) < 4.78 is 6.80. The van der Waals surface area contributed by atoms with E-state index >= 15 is 0 Å². The Morgan fingerprint density at radius 3 is 2.67 bits per heavy atom. The summed E-state index contributed by atoms with van der Waals surface area (Å²) in [6.45, 7) is 6.81. The quantitative estimate of drug-likeness (QED) is 0.740. The third kappa shape index (κ3) is 5.09. The number of carbonyl (C=O) groups excluding carboxylic acids is 2. The molecular formula is C19H29N5O3. The Morgan fingerprint density at radius 1 is 1.22 bits per heavy atom. The van der Waals surface area contributed by atoms with Crippen molar-refractivity contribution in [1.82, 2.24) is 24.5 Å². The monoisotopic (exact) mass is 375 g/mol. The van der Waals surface area contributed by atoms with E-state index in [4.69, 9.17) is 4.74 Å². The van der Waals surface area contributed by atoms with Gasteiger partial charge in [-0.05, 0) is 25.8 Å². The number of piperidine rings is 1. The van der Waals surface area contributed by atoms with Crippen molar-refractivity contribution >= 4 is 18.1 Å². The molecule has 0 spiro atoms. The van der Waals surface area contributed by atoms with Gasteiger partial charge in [0.15, 0.2) is 0 Å². The minimum Gasteiger partial charge on any atom is -0.450 e. The highest BCUT2D eigenvalue weighted by Gasteiger charge is 2.30. The van der Waals surface area contributed by atoms with Gasteiger partial charge in [-0.25, -0.2) is 4.79 Å². The van der Waals surface area contributed by atoms with Gasteiger partial charge in [0.05, 0.1) is 12.8 Å². The molecule has 8 heteroatoms. The van der Waals surface area contributed by atoms with Crippen LogP contribution in [0.5, 0.6) is 0 Å². The number of hydrogen-bond donors (Lipinski definition) is 0. The molecule has 27 heavy (non-hydrogen) atoms. The summed E-state index contributed by atoms with van der Waals surface area (Å²) in [6, 6.07) is 0.360. The standard InChI is InChI=1S/C19H29N5O3/c1-3-27-19(26)23-11-9-22(10-12-23)17-5-4-8-24(15-17)18(25)7-6-16-13-20-21(2)14-16/h6-7,13-14,17H,3-5,8-12,15H2,1-2H3. The van der Waals surface area contributed by atoms with Gasteiger partial charge in [0.2, 0.25) is 5.91 Å². The molecule has 3 rings (SSSR count). The van der Waals surface area contributed by atoms with E-state index in [1.54, 1.807) is 21.9 Å². The Morgan fingerprint density at radius 2 is 2.00 bits per heavy atom. The molecule has 1 aromatic heterocycles. The highest BCUT2D eigenvalue weighted by atomic mass is 16.6. The van der Waals surface area contributed by atoms with Gasteiger partial charge in [0, 0.05) is 70.2 Å². The summed E-state index contributed by atoms with van der Waals surface area (Å²) in [4.78, 5) is 30.5. The number of carbonyl (C=O) groups is 2. The van der Waals surface area contributed by atoms with Gasteiger partial charge in [-0.3, -0.25) is 14.4 Å². The van der Waals surface area contributed by atoms with E-state index in [0.717, 1.165) is 44.6 Å². The molecule has 1 aromatic rings. The minimum atomic E-state index is -0.224. The fraction of sp³-hybridized carbons (Fsp3) is 0.632.